The van der Waals surface area contributed by atoms with Crippen LogP contribution in [0.15, 0.2) is 53.1 Å². The molecule has 0 bridgehead atoms. The van der Waals surface area contributed by atoms with E-state index in [1.54, 1.807) is 26.4 Å². The van der Waals surface area contributed by atoms with Gasteiger partial charge in [-0.05, 0) is 37.1 Å². The van der Waals surface area contributed by atoms with Gasteiger partial charge in [0, 0.05) is 19.0 Å². The van der Waals surface area contributed by atoms with E-state index in [4.69, 9.17) is 14.0 Å². The zero-order chi connectivity index (χ0) is 20.2. The Labute approximate surface area is 169 Å². The fraction of sp³-hybridized carbons (Fsp3) is 0.318. The molecule has 0 radical (unpaired) electrons. The second kappa shape index (κ2) is 8.34. The molecule has 7 heteroatoms. The smallest absolute Gasteiger partial charge is 0.261 e. The molecule has 0 aliphatic carbocycles. The fourth-order valence-corrected chi connectivity index (χ4v) is 3.70. The van der Waals surface area contributed by atoms with Crippen LogP contribution in [0.3, 0.4) is 0 Å². The Bertz CT molecular complexity index is 1000. The second-order valence-electron chi connectivity index (χ2n) is 6.95. The summed E-state index contributed by atoms with van der Waals surface area (Å²) in [5.41, 5.74) is 1.32. The van der Waals surface area contributed by atoms with Gasteiger partial charge in [0.1, 0.15) is 11.5 Å². The highest BCUT2D eigenvalue weighted by molar-refractivity contribution is 5.97. The van der Waals surface area contributed by atoms with Crippen molar-refractivity contribution in [1.82, 2.24) is 15.0 Å². The lowest BCUT2D eigenvalue weighted by molar-refractivity contribution is 0.0700. The van der Waals surface area contributed by atoms with Gasteiger partial charge in [-0.3, -0.25) is 4.79 Å². The minimum atomic E-state index is -0.0411. The predicted molar refractivity (Wildman–Crippen MR) is 107 cm³/mol. The molecule has 0 spiro atoms. The highest BCUT2D eigenvalue weighted by Crippen LogP contribution is 2.32. The van der Waals surface area contributed by atoms with Crippen LogP contribution in [0, 0.1) is 0 Å². The van der Waals surface area contributed by atoms with E-state index in [0.717, 1.165) is 18.4 Å². The number of carbonyl (C=O) groups is 1. The third-order valence-corrected chi connectivity index (χ3v) is 5.19. The molecule has 1 aliphatic rings. The van der Waals surface area contributed by atoms with Gasteiger partial charge in [-0.25, -0.2) is 0 Å². The van der Waals surface area contributed by atoms with Crippen molar-refractivity contribution < 1.29 is 18.8 Å². The maximum absolute atomic E-state index is 13.0. The first-order chi connectivity index (χ1) is 14.2. The van der Waals surface area contributed by atoms with Gasteiger partial charge in [0.2, 0.25) is 0 Å². The van der Waals surface area contributed by atoms with Crippen LogP contribution in [0.2, 0.25) is 0 Å². The van der Waals surface area contributed by atoms with Gasteiger partial charge in [-0.15, -0.1) is 0 Å². The van der Waals surface area contributed by atoms with Crippen molar-refractivity contribution in [3.63, 3.8) is 0 Å². The van der Waals surface area contributed by atoms with Crippen molar-refractivity contribution in [2.24, 2.45) is 0 Å². The Morgan fingerprint density at radius 3 is 2.59 bits per heavy atom. The molecule has 0 N–H and O–H groups in total. The molecule has 0 unspecified atom stereocenters. The van der Waals surface area contributed by atoms with Crippen LogP contribution in [0.5, 0.6) is 11.5 Å². The van der Waals surface area contributed by atoms with Crippen LogP contribution in [0.25, 0.3) is 11.5 Å². The van der Waals surface area contributed by atoms with E-state index in [2.05, 4.69) is 10.1 Å². The predicted octanol–water partition coefficient (Wildman–Crippen LogP) is 3.77. The zero-order valence-corrected chi connectivity index (χ0v) is 16.5. The number of hydrogen-bond acceptors (Lipinski definition) is 6. The lowest BCUT2D eigenvalue weighted by Gasteiger charge is -2.31. The fourth-order valence-electron chi connectivity index (χ4n) is 3.70. The molecule has 1 saturated heterocycles. The number of rotatable bonds is 5. The Hall–Kier alpha value is -3.35. The lowest BCUT2D eigenvalue weighted by Crippen LogP contribution is -2.39. The van der Waals surface area contributed by atoms with E-state index in [1.165, 1.54) is 0 Å². The van der Waals surface area contributed by atoms with E-state index in [1.807, 2.05) is 41.3 Å². The number of ether oxygens (including phenoxy) is 2. The Morgan fingerprint density at radius 2 is 1.79 bits per heavy atom. The molecule has 1 fully saturated rings. The quantitative estimate of drug-likeness (QED) is 0.657. The topological polar surface area (TPSA) is 77.7 Å². The number of methoxy groups -OCH3 is 2. The SMILES string of the molecule is COc1ccccc1C(=O)N1CCC[C@H](c2noc(-c3ccccc3OC)n2)C1. The summed E-state index contributed by atoms with van der Waals surface area (Å²) in [6, 6.07) is 14.8. The van der Waals surface area contributed by atoms with Gasteiger partial charge < -0.3 is 18.9 Å². The highest BCUT2D eigenvalue weighted by atomic mass is 16.5. The summed E-state index contributed by atoms with van der Waals surface area (Å²) in [4.78, 5) is 19.5. The van der Waals surface area contributed by atoms with Crippen LogP contribution < -0.4 is 9.47 Å². The third kappa shape index (κ3) is 3.81. The highest BCUT2D eigenvalue weighted by Gasteiger charge is 2.30. The summed E-state index contributed by atoms with van der Waals surface area (Å²) in [7, 11) is 3.18. The summed E-state index contributed by atoms with van der Waals surface area (Å²) in [6.45, 7) is 1.24. The number of aromatic nitrogens is 2. The number of likely N-dealkylation sites (tertiary alicyclic amines) is 1. The van der Waals surface area contributed by atoms with Crippen molar-refractivity contribution in [2.45, 2.75) is 18.8 Å². The van der Waals surface area contributed by atoms with E-state index >= 15 is 0 Å². The maximum Gasteiger partial charge on any atom is 0.261 e. The Morgan fingerprint density at radius 1 is 1.07 bits per heavy atom. The molecule has 0 saturated carbocycles. The van der Waals surface area contributed by atoms with Gasteiger partial charge in [0.25, 0.3) is 11.8 Å². The zero-order valence-electron chi connectivity index (χ0n) is 16.5. The van der Waals surface area contributed by atoms with Crippen LogP contribution in [-0.4, -0.2) is 48.3 Å². The van der Waals surface area contributed by atoms with Crippen LogP contribution in [0.4, 0.5) is 0 Å². The Balaban J connectivity index is 1.53. The first kappa shape index (κ1) is 19.0. The first-order valence-electron chi connectivity index (χ1n) is 9.60. The molecular formula is C22H23N3O4. The summed E-state index contributed by atoms with van der Waals surface area (Å²) in [6.07, 6.45) is 1.78. The van der Waals surface area contributed by atoms with Crippen molar-refractivity contribution in [3.8, 4) is 23.0 Å². The molecule has 3 aromatic rings. The third-order valence-electron chi connectivity index (χ3n) is 5.19. The average Bonchev–Trinajstić information content (AvgIpc) is 3.29. The van der Waals surface area contributed by atoms with Crippen molar-refractivity contribution >= 4 is 5.91 Å². The number of hydrogen-bond donors (Lipinski definition) is 0. The van der Waals surface area contributed by atoms with E-state index in [9.17, 15) is 4.79 Å². The second-order valence-corrected chi connectivity index (χ2v) is 6.95. The molecule has 29 heavy (non-hydrogen) atoms. The number of carbonyl (C=O) groups excluding carboxylic acids is 1. The van der Waals surface area contributed by atoms with Gasteiger partial charge in [-0.1, -0.05) is 29.4 Å². The lowest BCUT2D eigenvalue weighted by atomic mass is 9.96. The molecule has 2 aromatic carbocycles. The molecular weight excluding hydrogens is 370 g/mol. The molecule has 1 amide bonds. The van der Waals surface area contributed by atoms with Gasteiger partial charge in [0.15, 0.2) is 5.82 Å². The number of benzene rings is 2. The van der Waals surface area contributed by atoms with Gasteiger partial charge >= 0.3 is 0 Å². The number of para-hydroxylation sites is 2. The normalized spacial score (nSPS) is 16.5. The van der Waals surface area contributed by atoms with Gasteiger partial charge in [-0.2, -0.15) is 4.98 Å². The number of amides is 1. The Kier molecular flexibility index (Phi) is 5.46. The minimum Gasteiger partial charge on any atom is -0.496 e. The summed E-state index contributed by atoms with van der Waals surface area (Å²) in [5, 5.41) is 4.19. The van der Waals surface area contributed by atoms with E-state index < -0.39 is 0 Å². The molecule has 7 nitrogen and oxygen atoms in total. The van der Waals surface area contributed by atoms with Crippen molar-refractivity contribution in [1.29, 1.82) is 0 Å². The first-order valence-corrected chi connectivity index (χ1v) is 9.60. The van der Waals surface area contributed by atoms with Crippen LogP contribution in [-0.2, 0) is 0 Å². The standard InChI is InChI=1S/C22H23N3O4/c1-27-18-11-5-3-9-16(18)21-23-20(24-29-21)15-8-7-13-25(14-15)22(26)17-10-4-6-12-19(17)28-2/h3-6,9-12,15H,7-8,13-14H2,1-2H3/t15-/m0/s1. The molecule has 1 aromatic heterocycles. The molecule has 2 heterocycles. The summed E-state index contributed by atoms with van der Waals surface area (Å²) in [5.74, 6) is 2.28. The van der Waals surface area contributed by atoms with Crippen molar-refractivity contribution in [2.75, 3.05) is 27.3 Å². The molecule has 4 rings (SSSR count). The number of nitrogens with zero attached hydrogens (tertiary/aromatic N) is 3. The van der Waals surface area contributed by atoms with Crippen LogP contribution in [0.1, 0.15) is 34.9 Å². The van der Waals surface area contributed by atoms with Crippen molar-refractivity contribution in [3.05, 3.63) is 59.9 Å². The minimum absolute atomic E-state index is 0.0228. The van der Waals surface area contributed by atoms with E-state index in [-0.39, 0.29) is 11.8 Å². The van der Waals surface area contributed by atoms with E-state index in [0.29, 0.717) is 41.9 Å². The van der Waals surface area contributed by atoms with Gasteiger partial charge in [0.05, 0.1) is 25.3 Å². The molecule has 1 atom stereocenters. The molecule has 150 valence electrons. The summed E-state index contributed by atoms with van der Waals surface area (Å²) >= 11 is 0. The largest absolute Gasteiger partial charge is 0.496 e. The van der Waals surface area contributed by atoms with Crippen LogP contribution >= 0.6 is 0 Å². The maximum atomic E-state index is 13.0. The number of piperidine rings is 1. The monoisotopic (exact) mass is 393 g/mol. The molecule has 1 aliphatic heterocycles. The average molecular weight is 393 g/mol. The summed E-state index contributed by atoms with van der Waals surface area (Å²) < 4.78 is 16.2.